The molecule has 6 fully saturated rings. The molecule has 0 N–H and O–H groups in total. The number of hydrogen-bond acceptors (Lipinski definition) is 9. The van der Waals surface area contributed by atoms with Gasteiger partial charge in [0.2, 0.25) is 0 Å². The lowest BCUT2D eigenvalue weighted by molar-refractivity contribution is -0.0466. The molecule has 13 heteroatoms. The summed E-state index contributed by atoms with van der Waals surface area (Å²) in [6.07, 6.45) is 28.6. The minimum absolute atomic E-state index is 0.476. The third kappa shape index (κ3) is 5.92. The summed E-state index contributed by atoms with van der Waals surface area (Å²) in [7, 11) is 5.76. The van der Waals surface area contributed by atoms with Gasteiger partial charge >= 0.3 is 0 Å². The fraction of sp³-hybridized carbons (Fsp3) is 0.535. The highest BCUT2D eigenvalue weighted by molar-refractivity contribution is 5.81. The van der Waals surface area contributed by atoms with Crippen molar-refractivity contribution in [2.45, 2.75) is 100 Å². The van der Waals surface area contributed by atoms with Gasteiger partial charge in [-0.25, -0.2) is 9.03 Å². The summed E-state index contributed by atoms with van der Waals surface area (Å²) in [5.74, 6) is 0. The van der Waals surface area contributed by atoms with E-state index in [9.17, 15) is 0 Å². The summed E-state index contributed by atoms with van der Waals surface area (Å²) in [5, 5.41) is 17.8. The molecule has 4 saturated heterocycles. The van der Waals surface area contributed by atoms with Crippen LogP contribution in [0.1, 0.15) is 57.8 Å². The zero-order valence-corrected chi connectivity index (χ0v) is 32.9. The highest BCUT2D eigenvalue weighted by atomic mass is 16.5. The van der Waals surface area contributed by atoms with Crippen LogP contribution in [-0.4, -0.2) is 124 Å². The maximum Gasteiger partial charge on any atom is 0.0886 e. The van der Waals surface area contributed by atoms with Gasteiger partial charge in [-0.2, -0.15) is 20.4 Å². The minimum Gasteiger partial charge on any atom is -0.381 e. The van der Waals surface area contributed by atoms with Crippen LogP contribution in [0.4, 0.5) is 11.4 Å². The smallest absolute Gasteiger partial charge is 0.0886 e. The normalized spacial score (nSPS) is 27.8. The molecule has 4 aliphatic heterocycles. The van der Waals surface area contributed by atoms with Crippen molar-refractivity contribution in [1.82, 2.24) is 48.6 Å². The van der Waals surface area contributed by atoms with E-state index < -0.39 is 0 Å². The Labute approximate surface area is 328 Å². The van der Waals surface area contributed by atoms with Gasteiger partial charge < -0.3 is 14.5 Å². The summed E-state index contributed by atoms with van der Waals surface area (Å²) in [6.45, 7) is 4.52. The maximum atomic E-state index is 5.52. The van der Waals surface area contributed by atoms with Crippen molar-refractivity contribution in [2.75, 3.05) is 43.1 Å². The fourth-order valence-electron chi connectivity index (χ4n) is 11.1. The Hall–Kier alpha value is -4.72. The molecule has 12 rings (SSSR count). The minimum atomic E-state index is 0.476. The average molecular weight is 755 g/mol. The third-order valence-electron chi connectivity index (χ3n) is 14.1. The van der Waals surface area contributed by atoms with Crippen LogP contribution in [-0.2, 0) is 18.8 Å². The molecule has 2 aliphatic carbocycles. The lowest BCUT2D eigenvalue weighted by atomic mass is 9.86. The molecule has 0 spiro atoms. The lowest BCUT2D eigenvalue weighted by Crippen LogP contribution is -2.61. The van der Waals surface area contributed by atoms with Crippen molar-refractivity contribution in [1.29, 1.82) is 0 Å². The number of fused-ring (bicyclic) bond motifs is 6. The molecule has 6 aliphatic rings. The topological polar surface area (TPSA) is 92.4 Å². The van der Waals surface area contributed by atoms with Gasteiger partial charge in [-0.05, 0) is 75.6 Å². The van der Waals surface area contributed by atoms with Crippen LogP contribution in [0.2, 0.25) is 0 Å². The molecule has 6 aromatic rings. The van der Waals surface area contributed by atoms with Crippen molar-refractivity contribution >= 4 is 22.4 Å². The molecule has 292 valence electrons. The fourth-order valence-corrected chi connectivity index (χ4v) is 11.1. The van der Waals surface area contributed by atoms with E-state index in [2.05, 4.69) is 89.0 Å². The number of piperazine rings is 2. The van der Waals surface area contributed by atoms with E-state index in [1.54, 1.807) is 0 Å². The molecule has 10 heterocycles. The van der Waals surface area contributed by atoms with Crippen LogP contribution in [0.15, 0.2) is 73.8 Å². The van der Waals surface area contributed by atoms with E-state index in [0.29, 0.717) is 18.2 Å². The number of aromatic nitrogens is 8. The van der Waals surface area contributed by atoms with Crippen molar-refractivity contribution < 1.29 is 4.74 Å². The molecule has 2 saturated carbocycles. The summed E-state index contributed by atoms with van der Waals surface area (Å²) >= 11 is 0. The second kappa shape index (κ2) is 13.7. The maximum absolute atomic E-state index is 5.52. The monoisotopic (exact) mass is 754 g/mol. The van der Waals surface area contributed by atoms with Crippen LogP contribution in [0.5, 0.6) is 0 Å². The predicted octanol–water partition coefficient (Wildman–Crippen LogP) is 5.51. The lowest BCUT2D eigenvalue weighted by Gasteiger charge is -2.50. The molecule has 0 aromatic carbocycles. The molecular formula is C43H54N12O. The second-order valence-corrected chi connectivity index (χ2v) is 17.4. The van der Waals surface area contributed by atoms with Crippen molar-refractivity contribution in [3.8, 4) is 22.3 Å². The number of hydrogen-bond donors (Lipinski definition) is 0. The largest absolute Gasteiger partial charge is 0.381 e. The zero-order valence-electron chi connectivity index (χ0n) is 32.9. The second-order valence-electron chi connectivity index (χ2n) is 17.4. The highest BCUT2D eigenvalue weighted by Gasteiger charge is 2.48. The Morgan fingerprint density at radius 2 is 1.00 bits per heavy atom. The van der Waals surface area contributed by atoms with E-state index in [0.717, 1.165) is 61.5 Å². The van der Waals surface area contributed by atoms with Crippen LogP contribution in [0.3, 0.4) is 0 Å². The molecule has 0 amide bonds. The first-order valence-corrected chi connectivity index (χ1v) is 21.0. The highest BCUT2D eigenvalue weighted by Crippen LogP contribution is 2.42. The van der Waals surface area contributed by atoms with Gasteiger partial charge in [0, 0.05) is 143 Å². The van der Waals surface area contributed by atoms with E-state index in [4.69, 9.17) is 4.74 Å². The SMILES string of the molecule is COC1CC(N2C3CCC2CN(c2ccnn4cc(-c5cnn(C)c5)cc24)C3)C1.Cn1cc(-c2cc3c(N4CC5CCC(C4)N5C4CCC4)ccnn3c2)cn1. The number of aryl methyl sites for hydroxylation is 2. The Morgan fingerprint density at radius 1 is 0.536 bits per heavy atom. The van der Waals surface area contributed by atoms with Crippen molar-refractivity contribution in [2.24, 2.45) is 14.1 Å². The molecule has 4 unspecified atom stereocenters. The summed E-state index contributed by atoms with van der Waals surface area (Å²) in [6, 6.07) is 13.3. The Balaban J connectivity index is 0.000000130. The Kier molecular flexibility index (Phi) is 8.47. The van der Waals surface area contributed by atoms with Crippen LogP contribution in [0.25, 0.3) is 33.3 Å². The van der Waals surface area contributed by atoms with Gasteiger partial charge in [-0.15, -0.1) is 0 Å². The number of ether oxygens (including phenoxy) is 1. The molecule has 13 nitrogen and oxygen atoms in total. The first kappa shape index (κ1) is 34.5. The molecule has 4 atom stereocenters. The molecule has 56 heavy (non-hydrogen) atoms. The summed E-state index contributed by atoms with van der Waals surface area (Å²) < 4.78 is 13.3. The Morgan fingerprint density at radius 3 is 1.39 bits per heavy atom. The van der Waals surface area contributed by atoms with E-state index in [1.807, 2.05) is 64.4 Å². The number of rotatable bonds is 7. The number of methoxy groups -OCH3 is 1. The zero-order chi connectivity index (χ0) is 37.5. The van der Waals surface area contributed by atoms with Gasteiger partial charge in [0.15, 0.2) is 0 Å². The number of nitrogens with zero attached hydrogens (tertiary/aromatic N) is 12. The van der Waals surface area contributed by atoms with Gasteiger partial charge in [0.1, 0.15) is 0 Å². The van der Waals surface area contributed by atoms with Gasteiger partial charge in [0.25, 0.3) is 0 Å². The first-order chi connectivity index (χ1) is 27.5. The van der Waals surface area contributed by atoms with Crippen LogP contribution >= 0.6 is 0 Å². The molecular weight excluding hydrogens is 701 g/mol. The van der Waals surface area contributed by atoms with E-state index in [-0.39, 0.29) is 0 Å². The van der Waals surface area contributed by atoms with Crippen molar-refractivity contribution in [3.05, 3.63) is 73.8 Å². The summed E-state index contributed by atoms with van der Waals surface area (Å²) in [4.78, 5) is 10.9. The van der Waals surface area contributed by atoms with Gasteiger partial charge in [-0.3, -0.25) is 19.2 Å². The predicted molar refractivity (Wildman–Crippen MR) is 218 cm³/mol. The van der Waals surface area contributed by atoms with Crippen LogP contribution in [0, 0.1) is 0 Å². The number of anilines is 2. The molecule has 4 bridgehead atoms. The quantitative estimate of drug-likeness (QED) is 0.210. The van der Waals surface area contributed by atoms with Crippen LogP contribution < -0.4 is 9.80 Å². The first-order valence-electron chi connectivity index (χ1n) is 21.0. The van der Waals surface area contributed by atoms with Gasteiger partial charge in [0.05, 0.1) is 40.9 Å². The van der Waals surface area contributed by atoms with Crippen molar-refractivity contribution in [3.63, 3.8) is 0 Å². The Bertz CT molecular complexity index is 2320. The summed E-state index contributed by atoms with van der Waals surface area (Å²) in [5.41, 5.74) is 9.63. The van der Waals surface area contributed by atoms with E-state index in [1.165, 1.54) is 91.3 Å². The third-order valence-corrected chi connectivity index (χ3v) is 14.1. The van der Waals surface area contributed by atoms with E-state index >= 15 is 0 Å². The molecule has 0 radical (unpaired) electrons. The standard InChI is InChI=1S/C22H28N6O.C21H26N6/c1-25-11-16(10-24-25)15-7-22-21(5-6-23-27(22)12-15)26-13-17-3-4-18(14-26)28(17)19-8-20(9-19)29-2;1-24-11-16(10-23-24)15-9-21-20(7-8-22-26(21)12-15)25-13-18-5-6-19(14-25)27(18)17-3-2-4-17/h5-7,10-12,17-20H,3-4,8-9,13-14H2,1-2H3;7-12,17-19H,2-6,13-14H2,1H3. The van der Waals surface area contributed by atoms with Gasteiger partial charge in [-0.1, -0.05) is 6.42 Å². The average Bonchev–Trinajstić information content (AvgIpc) is 4.02. The molecule has 6 aromatic heterocycles.